The minimum atomic E-state index is -2.89. The monoisotopic (exact) mass is 279 g/mol. The first-order chi connectivity index (χ1) is 9.11. The summed E-state index contributed by atoms with van der Waals surface area (Å²) in [6.45, 7) is 0. The van der Waals surface area contributed by atoms with Crippen LogP contribution in [0.3, 0.4) is 0 Å². The summed E-state index contributed by atoms with van der Waals surface area (Å²) in [6.07, 6.45) is 3.68. The van der Waals surface area contributed by atoms with Crippen molar-refractivity contribution in [3.05, 3.63) is 29.7 Å². The van der Waals surface area contributed by atoms with Gasteiger partial charge in [-0.25, -0.2) is 8.42 Å². The molecule has 2 aromatic heterocycles. The third kappa shape index (κ3) is 2.14. The van der Waals surface area contributed by atoms with Crippen molar-refractivity contribution in [2.24, 2.45) is 0 Å². The summed E-state index contributed by atoms with van der Waals surface area (Å²) in [6, 6.07) is 3.45. The molecule has 0 radical (unpaired) electrons. The second-order valence-corrected chi connectivity index (χ2v) is 7.06. The van der Waals surface area contributed by atoms with E-state index in [1.54, 1.807) is 22.7 Å². The molecule has 19 heavy (non-hydrogen) atoms. The molecule has 3 heterocycles. The van der Waals surface area contributed by atoms with Gasteiger partial charge in [-0.05, 0) is 25.0 Å². The highest BCUT2D eigenvalue weighted by atomic mass is 32.2. The van der Waals surface area contributed by atoms with Crippen LogP contribution in [0.2, 0.25) is 0 Å². The summed E-state index contributed by atoms with van der Waals surface area (Å²) in [5.41, 5.74) is 1.02. The van der Waals surface area contributed by atoms with E-state index in [0.29, 0.717) is 24.1 Å². The quantitative estimate of drug-likeness (QED) is 0.761. The molecule has 0 amide bonds. The molecular formula is C12H13N3O3S. The van der Waals surface area contributed by atoms with Crippen LogP contribution in [0.25, 0.3) is 5.65 Å². The molecule has 1 aliphatic rings. The molecule has 0 spiro atoms. The minimum Gasteiger partial charge on any atom is -0.298 e. The van der Waals surface area contributed by atoms with Gasteiger partial charge >= 0.3 is 0 Å². The van der Waals surface area contributed by atoms with Crippen molar-refractivity contribution >= 4 is 21.8 Å². The van der Waals surface area contributed by atoms with Crippen molar-refractivity contribution < 1.29 is 13.2 Å². The SMILES string of the molecule is O=Cc1cccn2c(C3CCS(=O)(=O)CC3)nnc12. The Bertz CT molecular complexity index is 722. The molecular weight excluding hydrogens is 266 g/mol. The zero-order chi connectivity index (χ0) is 13.5. The van der Waals surface area contributed by atoms with Crippen LogP contribution in [0.15, 0.2) is 18.3 Å². The van der Waals surface area contributed by atoms with E-state index in [-0.39, 0.29) is 17.4 Å². The lowest BCUT2D eigenvalue weighted by atomic mass is 10.0. The minimum absolute atomic E-state index is 0.0837. The first-order valence-corrected chi connectivity index (χ1v) is 7.92. The van der Waals surface area contributed by atoms with Gasteiger partial charge in [0.15, 0.2) is 11.9 Å². The van der Waals surface area contributed by atoms with Gasteiger partial charge in [-0.3, -0.25) is 9.20 Å². The topological polar surface area (TPSA) is 81.4 Å². The number of nitrogens with zero attached hydrogens (tertiary/aromatic N) is 3. The van der Waals surface area contributed by atoms with Crippen LogP contribution in [-0.2, 0) is 9.84 Å². The Morgan fingerprint density at radius 2 is 2.00 bits per heavy atom. The second kappa shape index (κ2) is 4.41. The Labute approximate surface area is 110 Å². The van der Waals surface area contributed by atoms with Crippen LogP contribution in [-0.4, -0.2) is 40.8 Å². The highest BCUT2D eigenvalue weighted by Gasteiger charge is 2.28. The predicted octanol–water partition coefficient (Wildman–Crippen LogP) is 0.834. The summed E-state index contributed by atoms with van der Waals surface area (Å²) in [5.74, 6) is 1.22. The first-order valence-electron chi connectivity index (χ1n) is 6.10. The fourth-order valence-corrected chi connectivity index (χ4v) is 3.96. The van der Waals surface area contributed by atoms with Gasteiger partial charge in [0.2, 0.25) is 0 Å². The number of sulfone groups is 1. The molecule has 0 aromatic carbocycles. The molecule has 1 aliphatic heterocycles. The first kappa shape index (κ1) is 12.3. The molecule has 3 rings (SSSR count). The second-order valence-electron chi connectivity index (χ2n) is 4.76. The van der Waals surface area contributed by atoms with Gasteiger partial charge in [0, 0.05) is 12.1 Å². The smallest absolute Gasteiger partial charge is 0.171 e. The fraction of sp³-hybridized carbons (Fsp3) is 0.417. The van der Waals surface area contributed by atoms with Crippen molar-refractivity contribution in [3.8, 4) is 0 Å². The van der Waals surface area contributed by atoms with E-state index < -0.39 is 9.84 Å². The van der Waals surface area contributed by atoms with Gasteiger partial charge in [-0.15, -0.1) is 10.2 Å². The zero-order valence-corrected chi connectivity index (χ0v) is 11.0. The molecule has 0 N–H and O–H groups in total. The largest absolute Gasteiger partial charge is 0.298 e. The van der Waals surface area contributed by atoms with Crippen LogP contribution in [0.5, 0.6) is 0 Å². The molecule has 1 saturated heterocycles. The maximum atomic E-state index is 11.4. The van der Waals surface area contributed by atoms with Gasteiger partial charge in [-0.1, -0.05) is 0 Å². The lowest BCUT2D eigenvalue weighted by Crippen LogP contribution is -2.23. The van der Waals surface area contributed by atoms with Crippen molar-refractivity contribution in [1.82, 2.24) is 14.6 Å². The summed E-state index contributed by atoms with van der Waals surface area (Å²) >= 11 is 0. The summed E-state index contributed by atoms with van der Waals surface area (Å²) in [4.78, 5) is 10.9. The standard InChI is InChI=1S/C12H13N3O3S/c16-8-10-2-1-5-15-11(13-14-12(10)15)9-3-6-19(17,18)7-4-9/h1-2,5,8-9H,3-4,6-7H2. The van der Waals surface area contributed by atoms with Crippen LogP contribution >= 0.6 is 0 Å². The molecule has 6 nitrogen and oxygen atoms in total. The third-order valence-corrected chi connectivity index (χ3v) is 5.25. The van der Waals surface area contributed by atoms with Crippen molar-refractivity contribution in [2.45, 2.75) is 18.8 Å². The van der Waals surface area contributed by atoms with Gasteiger partial charge in [0.1, 0.15) is 15.7 Å². The molecule has 7 heteroatoms. The molecule has 0 atom stereocenters. The lowest BCUT2D eigenvalue weighted by molar-refractivity contribution is 0.112. The number of carbonyl (C=O) groups is 1. The average Bonchev–Trinajstić information content (AvgIpc) is 2.82. The van der Waals surface area contributed by atoms with Crippen molar-refractivity contribution in [3.63, 3.8) is 0 Å². The molecule has 1 fully saturated rings. The Morgan fingerprint density at radius 3 is 2.68 bits per heavy atom. The molecule has 100 valence electrons. The number of hydrogen-bond donors (Lipinski definition) is 0. The van der Waals surface area contributed by atoms with E-state index in [9.17, 15) is 13.2 Å². The number of aromatic nitrogens is 3. The van der Waals surface area contributed by atoms with Gasteiger partial charge in [-0.2, -0.15) is 0 Å². The Morgan fingerprint density at radius 1 is 1.26 bits per heavy atom. The summed E-state index contributed by atoms with van der Waals surface area (Å²) < 4.78 is 24.7. The third-order valence-electron chi connectivity index (χ3n) is 3.54. The van der Waals surface area contributed by atoms with Gasteiger partial charge in [0.05, 0.1) is 17.1 Å². The van der Waals surface area contributed by atoms with Crippen LogP contribution in [0.1, 0.15) is 34.9 Å². The summed E-state index contributed by atoms with van der Waals surface area (Å²) in [7, 11) is -2.89. The number of rotatable bonds is 2. The molecule has 0 bridgehead atoms. The molecule has 0 saturated carbocycles. The fourth-order valence-electron chi connectivity index (χ4n) is 2.47. The number of hydrogen-bond acceptors (Lipinski definition) is 5. The Kier molecular flexibility index (Phi) is 2.85. The highest BCUT2D eigenvalue weighted by molar-refractivity contribution is 7.91. The van der Waals surface area contributed by atoms with E-state index in [1.807, 2.05) is 0 Å². The van der Waals surface area contributed by atoms with E-state index in [4.69, 9.17) is 0 Å². The molecule has 0 unspecified atom stereocenters. The van der Waals surface area contributed by atoms with E-state index in [0.717, 1.165) is 12.1 Å². The van der Waals surface area contributed by atoms with Crippen molar-refractivity contribution in [1.29, 1.82) is 0 Å². The number of fused-ring (bicyclic) bond motifs is 1. The number of pyridine rings is 1. The molecule has 0 aliphatic carbocycles. The predicted molar refractivity (Wildman–Crippen MR) is 69.0 cm³/mol. The number of carbonyl (C=O) groups excluding carboxylic acids is 1. The van der Waals surface area contributed by atoms with Gasteiger partial charge in [0.25, 0.3) is 0 Å². The maximum absolute atomic E-state index is 11.4. The van der Waals surface area contributed by atoms with Crippen LogP contribution < -0.4 is 0 Å². The van der Waals surface area contributed by atoms with E-state index >= 15 is 0 Å². The zero-order valence-electron chi connectivity index (χ0n) is 10.2. The van der Waals surface area contributed by atoms with E-state index in [2.05, 4.69) is 10.2 Å². The Hall–Kier alpha value is -1.76. The molecule has 2 aromatic rings. The normalized spacial score (nSPS) is 19.6. The van der Waals surface area contributed by atoms with Crippen LogP contribution in [0.4, 0.5) is 0 Å². The van der Waals surface area contributed by atoms with Crippen molar-refractivity contribution in [2.75, 3.05) is 11.5 Å². The average molecular weight is 279 g/mol. The summed E-state index contributed by atoms with van der Waals surface area (Å²) in [5, 5.41) is 8.17. The number of aldehydes is 1. The van der Waals surface area contributed by atoms with E-state index in [1.165, 1.54) is 0 Å². The Balaban J connectivity index is 2.00. The highest BCUT2D eigenvalue weighted by Crippen LogP contribution is 2.28. The lowest BCUT2D eigenvalue weighted by Gasteiger charge is -2.20. The maximum Gasteiger partial charge on any atom is 0.171 e. The van der Waals surface area contributed by atoms with Crippen LogP contribution in [0, 0.1) is 0 Å². The van der Waals surface area contributed by atoms with Gasteiger partial charge < -0.3 is 0 Å².